The van der Waals surface area contributed by atoms with Crippen molar-refractivity contribution >= 4 is 16.9 Å². The highest BCUT2D eigenvalue weighted by atomic mass is 31.2. The highest BCUT2D eigenvalue weighted by Gasteiger charge is 2.34. The Bertz CT molecular complexity index is 163. The van der Waals surface area contributed by atoms with Crippen LogP contribution in [0.25, 0.3) is 0 Å². The second-order valence-corrected chi connectivity index (χ2v) is 10.4. The minimum Gasteiger partial charge on any atom is -0.591 e. The lowest BCUT2D eigenvalue weighted by Crippen LogP contribution is -2.12. The molecule has 0 aromatic carbocycles. The van der Waals surface area contributed by atoms with E-state index in [1.54, 1.807) is 24.6 Å². The molecule has 0 bridgehead atoms. The van der Waals surface area contributed by atoms with Gasteiger partial charge in [0.25, 0.3) is 0 Å². The van der Waals surface area contributed by atoms with Crippen molar-refractivity contribution < 1.29 is 9.26 Å². The van der Waals surface area contributed by atoms with Crippen molar-refractivity contribution in [3.63, 3.8) is 0 Å². The monoisotopic (exact) mass is 320 g/mol. The highest BCUT2D eigenvalue weighted by Crippen LogP contribution is 2.61. The summed E-state index contributed by atoms with van der Waals surface area (Å²) in [5, 5.41) is 0. The summed E-state index contributed by atoms with van der Waals surface area (Å²) in [6.07, 6.45) is 17.9. The van der Waals surface area contributed by atoms with Crippen molar-refractivity contribution in [2.24, 2.45) is 0 Å². The van der Waals surface area contributed by atoms with Gasteiger partial charge in [-0.05, 0) is 25.7 Å². The molecule has 2 nitrogen and oxygen atoms in total. The largest absolute Gasteiger partial charge is 0.591 e. The van der Waals surface area contributed by atoms with Crippen LogP contribution in [-0.4, -0.2) is 34.3 Å². The predicted octanol–water partition coefficient (Wildman–Crippen LogP) is 4.25. The average Bonchev–Trinajstić information content (AvgIpc) is 2.46. The summed E-state index contributed by atoms with van der Waals surface area (Å²) in [7, 11) is -2.31. The number of hydrogen-bond donors (Lipinski definition) is 0. The molecule has 122 valence electrons. The van der Waals surface area contributed by atoms with Gasteiger partial charge in [-0.2, -0.15) is 0 Å². The molecule has 0 saturated carbocycles. The molecule has 0 N–H and O–H groups in total. The summed E-state index contributed by atoms with van der Waals surface area (Å²) in [5.41, 5.74) is 0. The van der Waals surface area contributed by atoms with E-state index in [9.17, 15) is 0 Å². The van der Waals surface area contributed by atoms with Gasteiger partial charge >= 0.3 is 0 Å². The van der Waals surface area contributed by atoms with Crippen LogP contribution >= 0.6 is 7.26 Å². The van der Waals surface area contributed by atoms with Gasteiger partial charge < -0.3 is 9.26 Å². The van der Waals surface area contributed by atoms with E-state index >= 15 is 0 Å². The lowest BCUT2D eigenvalue weighted by atomic mass is 10.4. The molecule has 0 aromatic heterocycles. The van der Waals surface area contributed by atoms with Crippen LogP contribution in [0.3, 0.4) is 0 Å². The van der Waals surface area contributed by atoms with E-state index in [-0.39, 0.29) is 0 Å². The Morgan fingerprint density at radius 1 is 0.700 bits per heavy atom. The smallest absolute Gasteiger partial charge is 0.127 e. The maximum absolute atomic E-state index is 8.46. The van der Waals surface area contributed by atoms with Gasteiger partial charge in [0, 0.05) is 7.26 Å². The normalized spacial score (nSPS) is 10.8. The SMILES string of the molecule is CCCC[P+](CCCC)(CCCC)CCCC.O=[SiH][O-]. The Labute approximate surface area is 130 Å². The molecule has 0 aliphatic rings. The molecular formula is C16H37O2PSi. The van der Waals surface area contributed by atoms with Gasteiger partial charge in [0.05, 0.1) is 24.6 Å². The second-order valence-electron chi connectivity index (χ2n) is 5.75. The third-order valence-electron chi connectivity index (χ3n) is 3.94. The Morgan fingerprint density at radius 2 is 0.900 bits per heavy atom. The molecule has 0 aromatic rings. The van der Waals surface area contributed by atoms with Crippen molar-refractivity contribution in [3.8, 4) is 0 Å². The Morgan fingerprint density at radius 3 is 1.05 bits per heavy atom. The zero-order valence-corrected chi connectivity index (χ0v) is 16.4. The van der Waals surface area contributed by atoms with Gasteiger partial charge in [-0.15, -0.1) is 0 Å². The molecule has 0 atom stereocenters. The van der Waals surface area contributed by atoms with Crippen LogP contribution in [0.2, 0.25) is 0 Å². The van der Waals surface area contributed by atoms with Gasteiger partial charge in [-0.3, -0.25) is 0 Å². The lowest BCUT2D eigenvalue weighted by Gasteiger charge is -2.28. The average molecular weight is 321 g/mol. The van der Waals surface area contributed by atoms with Gasteiger partial charge in [0.15, 0.2) is 0 Å². The van der Waals surface area contributed by atoms with E-state index in [1.165, 1.54) is 51.4 Å². The molecular weight excluding hydrogens is 283 g/mol. The second kappa shape index (κ2) is 17.3. The molecule has 0 unspecified atom stereocenters. The van der Waals surface area contributed by atoms with Gasteiger partial charge in [-0.25, -0.2) is 0 Å². The first-order chi connectivity index (χ1) is 9.66. The van der Waals surface area contributed by atoms with Gasteiger partial charge in [0.2, 0.25) is 0 Å². The first kappa shape index (κ1) is 22.5. The van der Waals surface area contributed by atoms with E-state index in [2.05, 4.69) is 27.7 Å². The number of rotatable bonds is 12. The van der Waals surface area contributed by atoms with Crippen molar-refractivity contribution in [3.05, 3.63) is 0 Å². The van der Waals surface area contributed by atoms with Crippen LogP contribution in [0.5, 0.6) is 0 Å². The molecule has 0 fully saturated rings. The Kier molecular flexibility index (Phi) is 19.5. The predicted molar refractivity (Wildman–Crippen MR) is 93.9 cm³/mol. The molecule has 20 heavy (non-hydrogen) atoms. The number of hydrogen-bond acceptors (Lipinski definition) is 2. The van der Waals surface area contributed by atoms with Crippen LogP contribution in [0, 0.1) is 0 Å². The maximum atomic E-state index is 8.46. The number of unbranched alkanes of at least 4 members (excludes halogenated alkanes) is 4. The summed E-state index contributed by atoms with van der Waals surface area (Å²) >= 11 is 0. The summed E-state index contributed by atoms with van der Waals surface area (Å²) in [5.74, 6) is 0. The fraction of sp³-hybridized carbons (Fsp3) is 1.00. The minimum absolute atomic E-state index is 0.562. The van der Waals surface area contributed by atoms with Gasteiger partial charge in [0.1, 0.15) is 9.65 Å². The molecule has 0 aliphatic carbocycles. The Hall–Kier alpha value is 0.247. The summed E-state index contributed by atoms with van der Waals surface area (Å²) in [6.45, 7) is 9.42. The first-order valence-electron chi connectivity index (χ1n) is 8.56. The van der Waals surface area contributed by atoms with Crippen molar-refractivity contribution in [1.29, 1.82) is 0 Å². The van der Waals surface area contributed by atoms with Crippen LogP contribution in [0.1, 0.15) is 79.1 Å². The zero-order valence-electron chi connectivity index (χ0n) is 14.3. The van der Waals surface area contributed by atoms with E-state index in [0.29, 0.717) is 0 Å². The topological polar surface area (TPSA) is 40.1 Å². The molecule has 0 radical (unpaired) electrons. The van der Waals surface area contributed by atoms with Crippen molar-refractivity contribution in [2.75, 3.05) is 24.6 Å². The van der Waals surface area contributed by atoms with E-state index in [4.69, 9.17) is 9.26 Å². The van der Waals surface area contributed by atoms with Crippen LogP contribution in [0.4, 0.5) is 0 Å². The molecule has 0 heterocycles. The molecule has 0 aliphatic heterocycles. The van der Waals surface area contributed by atoms with E-state index in [0.717, 1.165) is 0 Å². The van der Waals surface area contributed by atoms with Gasteiger partial charge in [-0.1, -0.05) is 53.4 Å². The van der Waals surface area contributed by atoms with Crippen LogP contribution in [-0.2, 0) is 4.46 Å². The third-order valence-corrected chi connectivity index (χ3v) is 9.00. The van der Waals surface area contributed by atoms with E-state index in [1.807, 2.05) is 0 Å². The standard InChI is InChI=1S/C16H36P.HO2Si/c1-5-9-13-17(14-10-6-2,15-11-7-3)16-12-8-4;1-3-2/h5-16H2,1-4H3;3H/q+1;-1. The minimum atomic E-state index is -1.75. The van der Waals surface area contributed by atoms with Crippen LogP contribution < -0.4 is 4.80 Å². The summed E-state index contributed by atoms with van der Waals surface area (Å²) in [4.78, 5) is 8.46. The molecule has 0 rings (SSSR count). The Balaban J connectivity index is 0. The molecule has 4 heteroatoms. The molecule has 0 saturated heterocycles. The van der Waals surface area contributed by atoms with E-state index < -0.39 is 16.9 Å². The fourth-order valence-corrected chi connectivity index (χ4v) is 7.93. The third kappa shape index (κ3) is 13.2. The quantitative estimate of drug-likeness (QED) is 0.398. The highest BCUT2D eigenvalue weighted by molar-refractivity contribution is 7.75. The maximum Gasteiger partial charge on any atom is 0.127 e. The fourth-order valence-electron chi connectivity index (χ4n) is 2.64. The van der Waals surface area contributed by atoms with Crippen LogP contribution in [0.15, 0.2) is 0 Å². The zero-order chi connectivity index (χ0) is 15.7. The summed E-state index contributed by atoms with van der Waals surface area (Å²) in [6, 6.07) is 0. The van der Waals surface area contributed by atoms with Crippen molar-refractivity contribution in [2.45, 2.75) is 79.1 Å². The first-order valence-corrected chi connectivity index (χ1v) is 12.0. The summed E-state index contributed by atoms with van der Waals surface area (Å²) < 4.78 is 8.46. The van der Waals surface area contributed by atoms with Crippen molar-refractivity contribution in [1.82, 2.24) is 0 Å². The molecule has 0 amide bonds. The molecule has 0 spiro atoms. The lowest BCUT2D eigenvalue weighted by molar-refractivity contribution is -0.186.